The summed E-state index contributed by atoms with van der Waals surface area (Å²) in [6.07, 6.45) is 7.53. The molecule has 27 heavy (non-hydrogen) atoms. The molecule has 0 amide bonds. The molecule has 0 unspecified atom stereocenters. The van der Waals surface area contributed by atoms with Crippen LogP contribution in [0.5, 0.6) is 5.75 Å². The molecule has 1 fully saturated rings. The van der Waals surface area contributed by atoms with Gasteiger partial charge in [-0.1, -0.05) is 79.9 Å². The van der Waals surface area contributed by atoms with E-state index in [4.69, 9.17) is 0 Å². The maximum absolute atomic E-state index is 11.2. The molecule has 0 saturated heterocycles. The fourth-order valence-corrected chi connectivity index (χ4v) is 5.07. The number of aromatic hydroxyl groups is 1. The predicted octanol–water partition coefficient (Wildman–Crippen LogP) is 7.00. The molecule has 2 heteroatoms. The van der Waals surface area contributed by atoms with Crippen LogP contribution in [0.4, 0.5) is 0 Å². The molecule has 1 saturated carbocycles. The number of phenolic OH excluding ortho intramolecular Hbond substituents is 1. The van der Waals surface area contributed by atoms with Gasteiger partial charge in [-0.05, 0) is 60.2 Å². The fourth-order valence-electron chi connectivity index (χ4n) is 5.07. The van der Waals surface area contributed by atoms with Crippen molar-refractivity contribution in [2.45, 2.75) is 105 Å². The molecule has 0 aromatic heterocycles. The number of hydrogen-bond acceptors (Lipinski definition) is 2. The van der Waals surface area contributed by atoms with Gasteiger partial charge < -0.3 is 5.11 Å². The van der Waals surface area contributed by atoms with Crippen LogP contribution in [-0.4, -0.2) is 23.1 Å². The molecule has 1 aromatic carbocycles. The SMILES string of the molecule is CCN(CC)Cc1cc(C(C)(C)CC(C)(C)C)cc(C2CCCCC2)c1O. The second-order valence-electron chi connectivity index (χ2n) is 10.5. The van der Waals surface area contributed by atoms with Crippen LogP contribution in [0, 0.1) is 5.41 Å². The first-order valence-corrected chi connectivity index (χ1v) is 11.2. The average molecular weight is 374 g/mol. The summed E-state index contributed by atoms with van der Waals surface area (Å²) >= 11 is 0. The molecular formula is C25H43NO. The van der Waals surface area contributed by atoms with Crippen LogP contribution in [-0.2, 0) is 12.0 Å². The first-order valence-electron chi connectivity index (χ1n) is 11.2. The molecule has 0 heterocycles. The highest BCUT2D eigenvalue weighted by Crippen LogP contribution is 2.43. The van der Waals surface area contributed by atoms with Gasteiger partial charge in [-0.3, -0.25) is 4.90 Å². The van der Waals surface area contributed by atoms with Gasteiger partial charge in [-0.15, -0.1) is 0 Å². The lowest BCUT2D eigenvalue weighted by molar-refractivity contribution is 0.279. The molecule has 0 aliphatic heterocycles. The predicted molar refractivity (Wildman–Crippen MR) is 118 cm³/mol. The molecule has 0 atom stereocenters. The van der Waals surface area contributed by atoms with Crippen LogP contribution in [0.1, 0.15) is 110 Å². The Balaban J connectivity index is 2.49. The Morgan fingerprint density at radius 1 is 0.963 bits per heavy atom. The number of nitrogens with zero attached hydrogens (tertiary/aromatic N) is 1. The lowest BCUT2D eigenvalue weighted by atomic mass is 9.71. The Morgan fingerprint density at radius 3 is 2.07 bits per heavy atom. The Kier molecular flexibility index (Phi) is 7.41. The molecule has 1 aliphatic rings. The minimum absolute atomic E-state index is 0.105. The summed E-state index contributed by atoms with van der Waals surface area (Å²) in [4.78, 5) is 2.40. The molecule has 0 radical (unpaired) electrons. The summed E-state index contributed by atoms with van der Waals surface area (Å²) in [5.41, 5.74) is 4.13. The van der Waals surface area contributed by atoms with Crippen molar-refractivity contribution in [1.82, 2.24) is 4.90 Å². The van der Waals surface area contributed by atoms with Gasteiger partial charge >= 0.3 is 0 Å². The number of hydrogen-bond donors (Lipinski definition) is 1. The highest BCUT2D eigenvalue weighted by atomic mass is 16.3. The summed E-state index contributed by atoms with van der Waals surface area (Å²) in [5, 5.41) is 11.2. The zero-order chi connectivity index (χ0) is 20.2. The number of benzene rings is 1. The van der Waals surface area contributed by atoms with Crippen molar-refractivity contribution in [2.24, 2.45) is 5.41 Å². The lowest BCUT2D eigenvalue weighted by Gasteiger charge is -2.35. The monoisotopic (exact) mass is 373 g/mol. The molecule has 1 N–H and O–H groups in total. The third-order valence-corrected chi connectivity index (χ3v) is 6.31. The summed E-state index contributed by atoms with van der Waals surface area (Å²) < 4.78 is 0. The van der Waals surface area contributed by atoms with Crippen molar-refractivity contribution in [1.29, 1.82) is 0 Å². The van der Waals surface area contributed by atoms with Gasteiger partial charge in [0, 0.05) is 12.1 Å². The van der Waals surface area contributed by atoms with Gasteiger partial charge in [0.15, 0.2) is 0 Å². The Hall–Kier alpha value is -1.02. The lowest BCUT2D eigenvalue weighted by Crippen LogP contribution is -2.26. The fraction of sp³-hybridized carbons (Fsp3) is 0.760. The largest absolute Gasteiger partial charge is 0.507 e. The maximum Gasteiger partial charge on any atom is 0.123 e. The molecule has 1 aromatic rings. The normalized spacial score (nSPS) is 16.9. The zero-order valence-electron chi connectivity index (χ0n) is 19.0. The van der Waals surface area contributed by atoms with Gasteiger partial charge in [0.2, 0.25) is 0 Å². The van der Waals surface area contributed by atoms with Crippen molar-refractivity contribution < 1.29 is 5.11 Å². The quantitative estimate of drug-likeness (QED) is 0.556. The van der Waals surface area contributed by atoms with E-state index in [1.807, 2.05) is 0 Å². The highest BCUT2D eigenvalue weighted by Gasteiger charge is 2.30. The number of phenols is 1. The van der Waals surface area contributed by atoms with E-state index in [9.17, 15) is 5.11 Å². The van der Waals surface area contributed by atoms with Crippen molar-refractivity contribution in [3.8, 4) is 5.75 Å². The molecule has 0 bridgehead atoms. The molecule has 0 spiro atoms. The first kappa shape index (κ1) is 22.3. The summed E-state index contributed by atoms with van der Waals surface area (Å²) in [6.45, 7) is 19.0. The van der Waals surface area contributed by atoms with E-state index in [0.29, 0.717) is 11.7 Å². The Bertz CT molecular complexity index is 601. The Morgan fingerprint density at radius 2 is 1.56 bits per heavy atom. The minimum atomic E-state index is 0.105. The molecule has 2 nitrogen and oxygen atoms in total. The second-order valence-corrected chi connectivity index (χ2v) is 10.5. The number of rotatable bonds is 7. The van der Waals surface area contributed by atoms with Crippen molar-refractivity contribution in [3.05, 3.63) is 28.8 Å². The first-order chi connectivity index (χ1) is 12.6. The van der Waals surface area contributed by atoms with E-state index in [-0.39, 0.29) is 10.8 Å². The maximum atomic E-state index is 11.2. The standard InChI is InChI=1S/C25H43NO/c1-8-26(9-2)17-20-15-21(25(6,7)18-24(3,4)5)16-22(23(20)27)19-13-11-10-12-14-19/h15-16,19,27H,8-14,17-18H2,1-7H3. The average Bonchev–Trinajstić information content (AvgIpc) is 2.59. The van der Waals surface area contributed by atoms with Crippen molar-refractivity contribution in [3.63, 3.8) is 0 Å². The second kappa shape index (κ2) is 8.99. The van der Waals surface area contributed by atoms with Crippen LogP contribution >= 0.6 is 0 Å². The van der Waals surface area contributed by atoms with E-state index in [1.165, 1.54) is 43.2 Å². The zero-order valence-corrected chi connectivity index (χ0v) is 19.0. The van der Waals surface area contributed by atoms with Gasteiger partial charge in [-0.25, -0.2) is 0 Å². The van der Waals surface area contributed by atoms with Crippen LogP contribution in [0.15, 0.2) is 12.1 Å². The molecule has 2 rings (SSSR count). The van der Waals surface area contributed by atoms with Crippen LogP contribution in [0.25, 0.3) is 0 Å². The third kappa shape index (κ3) is 5.98. The van der Waals surface area contributed by atoms with Crippen LogP contribution in [0.2, 0.25) is 0 Å². The molecule has 1 aliphatic carbocycles. The molecule has 154 valence electrons. The van der Waals surface area contributed by atoms with Crippen molar-refractivity contribution in [2.75, 3.05) is 13.1 Å². The van der Waals surface area contributed by atoms with Gasteiger partial charge in [-0.2, -0.15) is 0 Å². The van der Waals surface area contributed by atoms with Gasteiger partial charge in [0.05, 0.1) is 0 Å². The topological polar surface area (TPSA) is 23.5 Å². The van der Waals surface area contributed by atoms with E-state index < -0.39 is 0 Å². The van der Waals surface area contributed by atoms with Crippen molar-refractivity contribution >= 4 is 0 Å². The molecular weight excluding hydrogens is 330 g/mol. The summed E-state index contributed by atoms with van der Waals surface area (Å²) in [5.74, 6) is 1.10. The summed E-state index contributed by atoms with van der Waals surface area (Å²) in [7, 11) is 0. The summed E-state index contributed by atoms with van der Waals surface area (Å²) in [6, 6.07) is 4.65. The third-order valence-electron chi connectivity index (χ3n) is 6.31. The van der Waals surface area contributed by atoms with Gasteiger partial charge in [0.1, 0.15) is 5.75 Å². The van der Waals surface area contributed by atoms with E-state index >= 15 is 0 Å². The van der Waals surface area contributed by atoms with Gasteiger partial charge in [0.25, 0.3) is 0 Å². The van der Waals surface area contributed by atoms with E-state index in [2.05, 4.69) is 65.5 Å². The highest BCUT2D eigenvalue weighted by molar-refractivity contribution is 5.48. The van der Waals surface area contributed by atoms with Crippen LogP contribution in [0.3, 0.4) is 0 Å². The van der Waals surface area contributed by atoms with E-state index in [0.717, 1.165) is 31.6 Å². The minimum Gasteiger partial charge on any atom is -0.507 e. The Labute approximate surface area is 168 Å². The smallest absolute Gasteiger partial charge is 0.123 e. The van der Waals surface area contributed by atoms with E-state index in [1.54, 1.807) is 0 Å². The van der Waals surface area contributed by atoms with Crippen LogP contribution < -0.4 is 0 Å².